The first-order valence-electron chi connectivity index (χ1n) is 8.72. The van der Waals surface area contributed by atoms with Gasteiger partial charge in [0.1, 0.15) is 5.60 Å². The fraction of sp³-hybridized carbons (Fsp3) is 0.941. The van der Waals surface area contributed by atoms with Crippen molar-refractivity contribution >= 4 is 6.09 Å². The van der Waals surface area contributed by atoms with Gasteiger partial charge in [0.25, 0.3) is 0 Å². The summed E-state index contributed by atoms with van der Waals surface area (Å²) in [5.41, 5.74) is -0.418. The van der Waals surface area contributed by atoms with Crippen LogP contribution in [0.5, 0.6) is 0 Å². The molecule has 2 aliphatic rings. The molecule has 5 nitrogen and oxygen atoms in total. The van der Waals surface area contributed by atoms with Crippen LogP contribution in [0.4, 0.5) is 4.79 Å². The van der Waals surface area contributed by atoms with Crippen molar-refractivity contribution in [2.45, 2.75) is 58.1 Å². The molecule has 2 saturated heterocycles. The van der Waals surface area contributed by atoms with E-state index >= 15 is 0 Å². The predicted octanol–water partition coefficient (Wildman–Crippen LogP) is 2.32. The van der Waals surface area contributed by atoms with Crippen molar-refractivity contribution in [3.05, 3.63) is 0 Å². The first-order valence-corrected chi connectivity index (χ1v) is 8.72. The van der Waals surface area contributed by atoms with Gasteiger partial charge in [-0.1, -0.05) is 0 Å². The number of rotatable bonds is 3. The SMILES string of the molecule is CN1CCC(CN2CCC(NC(=O)OC(C)(C)C)CC2)CC1. The average Bonchev–Trinajstić information content (AvgIpc) is 2.41. The lowest BCUT2D eigenvalue weighted by Gasteiger charge is -2.37. The van der Waals surface area contributed by atoms with E-state index in [2.05, 4.69) is 22.2 Å². The van der Waals surface area contributed by atoms with Crippen molar-refractivity contribution < 1.29 is 9.53 Å². The minimum atomic E-state index is -0.418. The highest BCUT2D eigenvalue weighted by Crippen LogP contribution is 2.20. The van der Waals surface area contributed by atoms with E-state index in [-0.39, 0.29) is 12.1 Å². The quantitative estimate of drug-likeness (QED) is 0.869. The maximum absolute atomic E-state index is 11.8. The van der Waals surface area contributed by atoms with Crippen LogP contribution in [0, 0.1) is 5.92 Å². The molecule has 0 saturated carbocycles. The number of carbonyl (C=O) groups excluding carboxylic acids is 1. The smallest absolute Gasteiger partial charge is 0.407 e. The molecule has 1 N–H and O–H groups in total. The number of hydrogen-bond donors (Lipinski definition) is 1. The molecule has 0 aromatic rings. The van der Waals surface area contributed by atoms with E-state index in [0.29, 0.717) is 0 Å². The van der Waals surface area contributed by atoms with Crippen LogP contribution in [0.1, 0.15) is 46.5 Å². The van der Waals surface area contributed by atoms with Crippen molar-refractivity contribution in [1.82, 2.24) is 15.1 Å². The summed E-state index contributed by atoms with van der Waals surface area (Å²) < 4.78 is 5.33. The molecule has 0 unspecified atom stereocenters. The summed E-state index contributed by atoms with van der Waals surface area (Å²) in [7, 11) is 2.21. The number of hydrogen-bond acceptors (Lipinski definition) is 4. The van der Waals surface area contributed by atoms with Gasteiger partial charge in [0.15, 0.2) is 0 Å². The van der Waals surface area contributed by atoms with Gasteiger partial charge in [0, 0.05) is 25.7 Å². The zero-order chi connectivity index (χ0) is 16.2. The van der Waals surface area contributed by atoms with Gasteiger partial charge in [0.05, 0.1) is 0 Å². The fourth-order valence-electron chi connectivity index (χ4n) is 3.34. The van der Waals surface area contributed by atoms with Crippen molar-refractivity contribution in [3.8, 4) is 0 Å². The number of carbonyl (C=O) groups is 1. The highest BCUT2D eigenvalue weighted by molar-refractivity contribution is 5.68. The molecule has 0 radical (unpaired) electrons. The van der Waals surface area contributed by atoms with Crippen LogP contribution in [0.2, 0.25) is 0 Å². The van der Waals surface area contributed by atoms with Crippen LogP contribution in [-0.4, -0.2) is 67.3 Å². The first kappa shape index (κ1) is 17.5. The summed E-state index contributed by atoms with van der Waals surface area (Å²) in [4.78, 5) is 16.8. The third-order valence-corrected chi connectivity index (χ3v) is 4.66. The molecule has 0 atom stereocenters. The molecule has 22 heavy (non-hydrogen) atoms. The Bertz CT molecular complexity index is 351. The Hall–Kier alpha value is -0.810. The van der Waals surface area contributed by atoms with Gasteiger partial charge in [-0.3, -0.25) is 0 Å². The molecule has 1 amide bonds. The van der Waals surface area contributed by atoms with Gasteiger partial charge in [0.2, 0.25) is 0 Å². The molecule has 0 aliphatic carbocycles. The highest BCUT2D eigenvalue weighted by Gasteiger charge is 2.25. The van der Waals surface area contributed by atoms with E-state index in [1.165, 1.54) is 32.5 Å². The minimum Gasteiger partial charge on any atom is -0.444 e. The number of alkyl carbamates (subject to hydrolysis) is 1. The van der Waals surface area contributed by atoms with Crippen molar-refractivity contribution in [3.63, 3.8) is 0 Å². The topological polar surface area (TPSA) is 44.8 Å². The summed E-state index contributed by atoms with van der Waals surface area (Å²) in [5.74, 6) is 0.853. The zero-order valence-corrected chi connectivity index (χ0v) is 14.7. The molecule has 2 heterocycles. The van der Waals surface area contributed by atoms with Gasteiger partial charge in [-0.15, -0.1) is 0 Å². The van der Waals surface area contributed by atoms with E-state index in [0.717, 1.165) is 31.8 Å². The van der Waals surface area contributed by atoms with E-state index in [1.807, 2.05) is 20.8 Å². The maximum atomic E-state index is 11.8. The first-order chi connectivity index (χ1) is 10.3. The fourth-order valence-corrected chi connectivity index (χ4v) is 3.34. The van der Waals surface area contributed by atoms with E-state index < -0.39 is 5.60 Å². The molecule has 5 heteroatoms. The highest BCUT2D eigenvalue weighted by atomic mass is 16.6. The second kappa shape index (κ2) is 7.64. The molecule has 0 spiro atoms. The normalized spacial score (nSPS) is 23.5. The molecule has 128 valence electrons. The number of ether oxygens (including phenoxy) is 1. The lowest BCUT2D eigenvalue weighted by molar-refractivity contribution is 0.0472. The standard InChI is InChI=1S/C17H33N3O2/c1-17(2,3)22-16(21)18-15-7-11-20(12-8-15)13-14-5-9-19(4)10-6-14/h14-15H,5-13H2,1-4H3,(H,18,21). The maximum Gasteiger partial charge on any atom is 0.407 e. The van der Waals surface area contributed by atoms with Crippen LogP contribution >= 0.6 is 0 Å². The molecule has 0 bridgehead atoms. The largest absolute Gasteiger partial charge is 0.444 e. The van der Waals surface area contributed by atoms with Crippen LogP contribution in [0.3, 0.4) is 0 Å². The zero-order valence-electron chi connectivity index (χ0n) is 14.7. The molecule has 2 fully saturated rings. The summed E-state index contributed by atoms with van der Waals surface area (Å²) in [6.45, 7) is 11.6. The van der Waals surface area contributed by atoms with Gasteiger partial charge < -0.3 is 19.9 Å². The number of nitrogens with one attached hydrogen (secondary N) is 1. The van der Waals surface area contributed by atoms with Crippen molar-refractivity contribution in [2.24, 2.45) is 5.92 Å². The van der Waals surface area contributed by atoms with Crippen molar-refractivity contribution in [2.75, 3.05) is 39.8 Å². The number of likely N-dealkylation sites (tertiary alicyclic amines) is 2. The van der Waals surface area contributed by atoms with Gasteiger partial charge >= 0.3 is 6.09 Å². The van der Waals surface area contributed by atoms with Gasteiger partial charge in [-0.05, 0) is 72.5 Å². The summed E-state index contributed by atoms with van der Waals surface area (Å²) in [6, 6.07) is 0.267. The Kier molecular flexibility index (Phi) is 6.09. The van der Waals surface area contributed by atoms with Crippen molar-refractivity contribution in [1.29, 1.82) is 0 Å². The van der Waals surface area contributed by atoms with Crippen LogP contribution in [0.15, 0.2) is 0 Å². The Morgan fingerprint density at radius 1 is 1.09 bits per heavy atom. The van der Waals surface area contributed by atoms with Gasteiger partial charge in [-0.25, -0.2) is 4.79 Å². The van der Waals surface area contributed by atoms with Crippen LogP contribution in [0.25, 0.3) is 0 Å². The second-order valence-electron chi connectivity index (χ2n) is 7.97. The Morgan fingerprint density at radius 3 is 2.23 bits per heavy atom. The van der Waals surface area contributed by atoms with Gasteiger partial charge in [-0.2, -0.15) is 0 Å². The Balaban J connectivity index is 1.64. The van der Waals surface area contributed by atoms with E-state index in [4.69, 9.17) is 4.74 Å². The van der Waals surface area contributed by atoms with E-state index in [1.54, 1.807) is 0 Å². The Labute approximate surface area is 135 Å². The summed E-state index contributed by atoms with van der Waals surface area (Å²) in [6.07, 6.45) is 4.44. The number of amides is 1. The molecular weight excluding hydrogens is 278 g/mol. The minimum absolute atomic E-state index is 0.267. The Morgan fingerprint density at radius 2 is 1.68 bits per heavy atom. The third-order valence-electron chi connectivity index (χ3n) is 4.66. The lowest BCUT2D eigenvalue weighted by Crippen LogP contribution is -2.47. The van der Waals surface area contributed by atoms with Crippen LogP contribution in [-0.2, 0) is 4.74 Å². The lowest BCUT2D eigenvalue weighted by atomic mass is 9.95. The summed E-state index contributed by atoms with van der Waals surface area (Å²) in [5, 5.41) is 3.01. The third kappa shape index (κ3) is 6.13. The average molecular weight is 311 g/mol. The number of piperidine rings is 2. The molecule has 2 rings (SSSR count). The molecule has 0 aromatic carbocycles. The number of nitrogens with zero attached hydrogens (tertiary/aromatic N) is 2. The predicted molar refractivity (Wildman–Crippen MR) is 89.1 cm³/mol. The molecule has 2 aliphatic heterocycles. The monoisotopic (exact) mass is 311 g/mol. The van der Waals surface area contributed by atoms with Crippen LogP contribution < -0.4 is 5.32 Å². The molecule has 0 aromatic heterocycles. The summed E-state index contributed by atoms with van der Waals surface area (Å²) >= 11 is 0. The molecular formula is C17H33N3O2. The van der Waals surface area contributed by atoms with E-state index in [9.17, 15) is 4.79 Å². The second-order valence-corrected chi connectivity index (χ2v) is 7.97.